The van der Waals surface area contributed by atoms with E-state index >= 15 is 0 Å². The topological polar surface area (TPSA) is 77.6 Å². The van der Waals surface area contributed by atoms with Crippen LogP contribution in [0.25, 0.3) is 101 Å². The van der Waals surface area contributed by atoms with Crippen molar-refractivity contribution in [1.82, 2.24) is 24.9 Å². The molecule has 7 aromatic carbocycles. The zero-order chi connectivity index (χ0) is 35.1. The number of rotatable bonds is 6. The molecule has 0 atom stereocenters. The van der Waals surface area contributed by atoms with Crippen LogP contribution in [0.1, 0.15) is 0 Å². The first-order valence-electron chi connectivity index (χ1n) is 17.5. The van der Waals surface area contributed by atoms with E-state index in [0.29, 0.717) is 23.4 Å². The van der Waals surface area contributed by atoms with Crippen LogP contribution in [0.3, 0.4) is 0 Å². The highest BCUT2D eigenvalue weighted by molar-refractivity contribution is 6.13. The SMILES string of the molecule is c1ccc(-c2nc(-c3ccccc3)nc(-c3ccc(-c4ccc5oc(-c6ccccc6)nc5c4)c(-c4cc5ccccc5c5ncccc45)c3)n2)cc1. The van der Waals surface area contributed by atoms with Gasteiger partial charge in [-0.1, -0.05) is 127 Å². The van der Waals surface area contributed by atoms with Gasteiger partial charge in [-0.2, -0.15) is 0 Å². The maximum atomic E-state index is 6.20. The molecule has 0 saturated heterocycles. The summed E-state index contributed by atoms with van der Waals surface area (Å²) in [6.45, 7) is 0. The first kappa shape index (κ1) is 30.5. The normalized spacial score (nSPS) is 11.4. The van der Waals surface area contributed by atoms with Crippen molar-refractivity contribution in [2.45, 2.75) is 0 Å². The Morgan fingerprint density at radius 3 is 1.70 bits per heavy atom. The fraction of sp³-hybridized carbons (Fsp3) is 0. The third kappa shape index (κ3) is 5.59. The summed E-state index contributed by atoms with van der Waals surface area (Å²) in [6, 6.07) is 57.6. The molecule has 10 aromatic rings. The van der Waals surface area contributed by atoms with Crippen LogP contribution in [0.2, 0.25) is 0 Å². The Balaban J connectivity index is 1.21. The fourth-order valence-corrected chi connectivity index (χ4v) is 7.03. The molecule has 6 heteroatoms. The van der Waals surface area contributed by atoms with Gasteiger partial charge in [0.05, 0.1) is 5.52 Å². The van der Waals surface area contributed by atoms with E-state index in [1.807, 2.05) is 109 Å². The zero-order valence-electron chi connectivity index (χ0n) is 28.4. The van der Waals surface area contributed by atoms with Gasteiger partial charge in [0.2, 0.25) is 5.89 Å². The largest absolute Gasteiger partial charge is 0.436 e. The third-order valence-corrected chi connectivity index (χ3v) is 9.60. The summed E-state index contributed by atoms with van der Waals surface area (Å²) >= 11 is 0. The number of fused-ring (bicyclic) bond motifs is 4. The van der Waals surface area contributed by atoms with E-state index in [4.69, 9.17) is 29.3 Å². The lowest BCUT2D eigenvalue weighted by Crippen LogP contribution is -2.00. The van der Waals surface area contributed by atoms with Crippen molar-refractivity contribution in [3.63, 3.8) is 0 Å². The van der Waals surface area contributed by atoms with Crippen molar-refractivity contribution in [3.05, 3.63) is 176 Å². The van der Waals surface area contributed by atoms with Gasteiger partial charge in [0.15, 0.2) is 23.1 Å². The minimum atomic E-state index is 0.591. The highest BCUT2D eigenvalue weighted by Crippen LogP contribution is 2.42. The summed E-state index contributed by atoms with van der Waals surface area (Å²) in [5, 5.41) is 3.28. The molecule has 10 rings (SSSR count). The minimum absolute atomic E-state index is 0.591. The van der Waals surface area contributed by atoms with Gasteiger partial charge in [-0.05, 0) is 70.1 Å². The number of hydrogen-bond acceptors (Lipinski definition) is 6. The molecule has 0 radical (unpaired) electrons. The van der Waals surface area contributed by atoms with E-state index < -0.39 is 0 Å². The van der Waals surface area contributed by atoms with Gasteiger partial charge in [0.1, 0.15) is 5.52 Å². The minimum Gasteiger partial charge on any atom is -0.436 e. The second kappa shape index (κ2) is 12.8. The summed E-state index contributed by atoms with van der Waals surface area (Å²) < 4.78 is 6.20. The number of aromatic nitrogens is 5. The van der Waals surface area contributed by atoms with Crippen molar-refractivity contribution in [2.75, 3.05) is 0 Å². The highest BCUT2D eigenvalue weighted by Gasteiger charge is 2.19. The summed E-state index contributed by atoms with van der Waals surface area (Å²) in [5.41, 5.74) is 10.3. The van der Waals surface area contributed by atoms with Crippen LogP contribution < -0.4 is 0 Å². The molecule has 0 bridgehead atoms. The molecular weight excluding hydrogens is 651 g/mol. The Morgan fingerprint density at radius 1 is 0.377 bits per heavy atom. The molecule has 3 aromatic heterocycles. The molecule has 0 amide bonds. The Hall–Kier alpha value is -7.31. The molecule has 53 heavy (non-hydrogen) atoms. The maximum Gasteiger partial charge on any atom is 0.227 e. The van der Waals surface area contributed by atoms with Crippen molar-refractivity contribution in [3.8, 4) is 67.9 Å². The molecule has 0 aliphatic heterocycles. The van der Waals surface area contributed by atoms with Crippen molar-refractivity contribution >= 4 is 32.8 Å². The standard InChI is InChI=1S/C47H29N5O/c1-4-13-30(14-5-1)44-50-45(31-15-6-2-7-16-31)52-46(51-44)35-22-24-36(34-23-25-42-41(29-34)49-47(53-42)32-17-8-3-9-18-32)39(28-35)40-27-33-19-10-11-20-37(33)43-38(40)21-12-26-48-43/h1-29H. The predicted molar refractivity (Wildman–Crippen MR) is 213 cm³/mol. The van der Waals surface area contributed by atoms with Crippen LogP contribution in [0.4, 0.5) is 0 Å². The molecule has 3 heterocycles. The maximum absolute atomic E-state index is 6.20. The van der Waals surface area contributed by atoms with Gasteiger partial charge in [-0.3, -0.25) is 4.98 Å². The molecule has 248 valence electrons. The van der Waals surface area contributed by atoms with Gasteiger partial charge in [0, 0.05) is 39.2 Å². The second-order valence-corrected chi connectivity index (χ2v) is 12.9. The quantitative estimate of drug-likeness (QED) is 0.163. The number of pyridine rings is 1. The van der Waals surface area contributed by atoms with Gasteiger partial charge < -0.3 is 4.42 Å². The molecule has 0 aliphatic rings. The Bertz CT molecular complexity index is 2880. The second-order valence-electron chi connectivity index (χ2n) is 12.9. The van der Waals surface area contributed by atoms with E-state index in [1.54, 1.807) is 0 Å². The Morgan fingerprint density at radius 2 is 0.981 bits per heavy atom. The molecule has 0 fully saturated rings. The molecule has 0 aliphatic carbocycles. The summed E-state index contributed by atoms with van der Waals surface area (Å²) in [5.74, 6) is 2.42. The van der Waals surface area contributed by atoms with Gasteiger partial charge in [-0.25, -0.2) is 19.9 Å². The van der Waals surface area contributed by atoms with E-state index in [0.717, 1.165) is 77.3 Å². The zero-order valence-corrected chi connectivity index (χ0v) is 28.4. The third-order valence-electron chi connectivity index (χ3n) is 9.60. The molecule has 0 spiro atoms. The first-order chi connectivity index (χ1) is 26.2. The van der Waals surface area contributed by atoms with Gasteiger partial charge in [0.25, 0.3) is 0 Å². The van der Waals surface area contributed by atoms with Crippen LogP contribution in [0.5, 0.6) is 0 Å². The Labute approximate surface area is 305 Å². The smallest absolute Gasteiger partial charge is 0.227 e. The fourth-order valence-electron chi connectivity index (χ4n) is 7.03. The number of benzene rings is 7. The van der Waals surface area contributed by atoms with E-state index in [2.05, 4.69) is 66.7 Å². The monoisotopic (exact) mass is 679 g/mol. The van der Waals surface area contributed by atoms with Gasteiger partial charge >= 0.3 is 0 Å². The lowest BCUT2D eigenvalue weighted by Gasteiger charge is -2.16. The summed E-state index contributed by atoms with van der Waals surface area (Å²) in [7, 11) is 0. The molecule has 0 unspecified atom stereocenters. The van der Waals surface area contributed by atoms with E-state index in [9.17, 15) is 0 Å². The Kier molecular flexibility index (Phi) is 7.36. The average Bonchev–Trinajstić information content (AvgIpc) is 3.68. The van der Waals surface area contributed by atoms with Crippen molar-refractivity contribution < 1.29 is 4.42 Å². The van der Waals surface area contributed by atoms with Crippen LogP contribution in [0, 0.1) is 0 Å². The molecule has 0 N–H and O–H groups in total. The summed E-state index contributed by atoms with van der Waals surface area (Å²) in [6.07, 6.45) is 1.86. The van der Waals surface area contributed by atoms with Crippen LogP contribution in [-0.2, 0) is 0 Å². The van der Waals surface area contributed by atoms with Crippen LogP contribution >= 0.6 is 0 Å². The van der Waals surface area contributed by atoms with Gasteiger partial charge in [-0.15, -0.1) is 0 Å². The lowest BCUT2D eigenvalue weighted by atomic mass is 9.89. The molecular formula is C47H29N5O. The van der Waals surface area contributed by atoms with Crippen LogP contribution in [0.15, 0.2) is 180 Å². The molecule has 6 nitrogen and oxygen atoms in total. The van der Waals surface area contributed by atoms with Crippen molar-refractivity contribution in [2.24, 2.45) is 0 Å². The summed E-state index contributed by atoms with van der Waals surface area (Å²) in [4.78, 5) is 24.8. The number of oxazole rings is 1. The first-order valence-corrected chi connectivity index (χ1v) is 17.5. The predicted octanol–water partition coefficient (Wildman–Crippen LogP) is 11.7. The lowest BCUT2D eigenvalue weighted by molar-refractivity contribution is 0.620. The number of hydrogen-bond donors (Lipinski definition) is 0. The van der Waals surface area contributed by atoms with E-state index in [1.165, 1.54) is 0 Å². The number of nitrogens with zero attached hydrogens (tertiary/aromatic N) is 5. The average molecular weight is 680 g/mol. The molecule has 0 saturated carbocycles. The highest BCUT2D eigenvalue weighted by atomic mass is 16.3. The van der Waals surface area contributed by atoms with Crippen LogP contribution in [-0.4, -0.2) is 24.9 Å². The van der Waals surface area contributed by atoms with Crippen molar-refractivity contribution in [1.29, 1.82) is 0 Å². The van der Waals surface area contributed by atoms with E-state index in [-0.39, 0.29) is 0 Å².